The predicted octanol–water partition coefficient (Wildman–Crippen LogP) is 1.95. The van der Waals surface area contributed by atoms with Crippen LogP contribution in [0.15, 0.2) is 41.9 Å². The lowest BCUT2D eigenvalue weighted by molar-refractivity contribution is 0.414. The molecule has 1 aromatic carbocycles. The first-order valence-corrected chi connectivity index (χ1v) is 7.83. The van der Waals surface area contributed by atoms with Crippen molar-refractivity contribution in [2.45, 2.75) is 13.0 Å². The summed E-state index contributed by atoms with van der Waals surface area (Å²) in [4.78, 5) is 8.22. The Bertz CT molecular complexity index is 627. The number of halogens is 1. The second-order valence-corrected chi connectivity index (χ2v) is 5.34. The Hall–Kier alpha value is -2.21. The van der Waals surface area contributed by atoms with Crippen molar-refractivity contribution in [3.8, 4) is 5.75 Å². The van der Waals surface area contributed by atoms with Crippen LogP contribution in [-0.2, 0) is 13.0 Å². The van der Waals surface area contributed by atoms with E-state index in [4.69, 9.17) is 16.3 Å². The highest BCUT2D eigenvalue weighted by Gasteiger charge is 2.03. The minimum absolute atomic E-state index is 0.717. The van der Waals surface area contributed by atoms with Crippen LogP contribution in [0.3, 0.4) is 0 Å². The third kappa shape index (κ3) is 5.49. The fourth-order valence-corrected chi connectivity index (χ4v) is 2.38. The summed E-state index contributed by atoms with van der Waals surface area (Å²) in [6.07, 6.45) is 6.31. The molecule has 0 bridgehead atoms. The molecule has 0 radical (unpaired) electrons. The number of imidazole rings is 1. The number of ether oxygens (including phenoxy) is 1. The van der Waals surface area contributed by atoms with Gasteiger partial charge in [-0.2, -0.15) is 0 Å². The first kappa shape index (κ1) is 17.1. The van der Waals surface area contributed by atoms with Crippen molar-refractivity contribution in [1.82, 2.24) is 20.2 Å². The molecule has 7 heteroatoms. The summed E-state index contributed by atoms with van der Waals surface area (Å²) in [6, 6.07) is 5.73. The topological polar surface area (TPSA) is 63.5 Å². The van der Waals surface area contributed by atoms with Gasteiger partial charge >= 0.3 is 0 Å². The van der Waals surface area contributed by atoms with Crippen LogP contribution in [0.2, 0.25) is 5.02 Å². The van der Waals surface area contributed by atoms with E-state index in [1.54, 1.807) is 26.7 Å². The highest BCUT2D eigenvalue weighted by Crippen LogP contribution is 2.22. The zero-order chi connectivity index (χ0) is 16.5. The van der Waals surface area contributed by atoms with Crippen molar-refractivity contribution in [1.29, 1.82) is 0 Å². The van der Waals surface area contributed by atoms with Gasteiger partial charge in [-0.25, -0.2) is 4.98 Å². The molecule has 0 aliphatic heterocycles. The van der Waals surface area contributed by atoms with E-state index in [0.717, 1.165) is 43.3 Å². The SMILES string of the molecule is CN=C(NCCc1ccc(OC)cc1Cl)NCCn1ccnc1. The van der Waals surface area contributed by atoms with E-state index in [2.05, 4.69) is 20.6 Å². The molecule has 0 unspecified atom stereocenters. The van der Waals surface area contributed by atoms with E-state index >= 15 is 0 Å². The average Bonchev–Trinajstić information content (AvgIpc) is 3.08. The van der Waals surface area contributed by atoms with Crippen LogP contribution in [0.5, 0.6) is 5.75 Å². The van der Waals surface area contributed by atoms with Gasteiger partial charge in [0.15, 0.2) is 5.96 Å². The number of hydrogen-bond acceptors (Lipinski definition) is 3. The molecule has 2 aromatic rings. The molecule has 6 nitrogen and oxygen atoms in total. The van der Waals surface area contributed by atoms with Gasteiger partial charge in [-0.15, -0.1) is 0 Å². The molecule has 23 heavy (non-hydrogen) atoms. The molecule has 0 spiro atoms. The summed E-state index contributed by atoms with van der Waals surface area (Å²) in [7, 11) is 3.39. The second-order valence-electron chi connectivity index (χ2n) is 4.93. The largest absolute Gasteiger partial charge is 0.497 e. The predicted molar refractivity (Wildman–Crippen MR) is 93.3 cm³/mol. The minimum Gasteiger partial charge on any atom is -0.497 e. The number of nitrogens with zero attached hydrogens (tertiary/aromatic N) is 3. The lowest BCUT2D eigenvalue weighted by Crippen LogP contribution is -2.39. The van der Waals surface area contributed by atoms with Gasteiger partial charge < -0.3 is 19.9 Å². The van der Waals surface area contributed by atoms with Crippen molar-refractivity contribution < 1.29 is 4.74 Å². The summed E-state index contributed by atoms with van der Waals surface area (Å²) in [6.45, 7) is 2.36. The molecule has 1 heterocycles. The smallest absolute Gasteiger partial charge is 0.191 e. The van der Waals surface area contributed by atoms with Crippen molar-refractivity contribution in [2.24, 2.45) is 4.99 Å². The molecule has 2 rings (SSSR count). The zero-order valence-corrected chi connectivity index (χ0v) is 14.2. The Labute approximate surface area is 141 Å². The molecule has 0 aliphatic rings. The normalized spacial score (nSPS) is 11.3. The van der Waals surface area contributed by atoms with Gasteiger partial charge in [-0.3, -0.25) is 4.99 Å². The van der Waals surface area contributed by atoms with E-state index in [0.29, 0.717) is 5.02 Å². The monoisotopic (exact) mass is 335 g/mol. The first-order chi connectivity index (χ1) is 11.2. The third-order valence-electron chi connectivity index (χ3n) is 3.39. The van der Waals surface area contributed by atoms with Crippen LogP contribution in [-0.4, -0.2) is 42.8 Å². The zero-order valence-electron chi connectivity index (χ0n) is 13.4. The highest BCUT2D eigenvalue weighted by atomic mass is 35.5. The van der Waals surface area contributed by atoms with E-state index in [1.807, 2.05) is 29.0 Å². The van der Waals surface area contributed by atoms with Crippen molar-refractivity contribution in [2.75, 3.05) is 27.2 Å². The number of aliphatic imine (C=N–C) groups is 1. The molecule has 124 valence electrons. The summed E-state index contributed by atoms with van der Waals surface area (Å²) in [5.41, 5.74) is 1.08. The van der Waals surface area contributed by atoms with Gasteiger partial charge in [0.1, 0.15) is 5.75 Å². The Morgan fingerprint density at radius 1 is 1.35 bits per heavy atom. The third-order valence-corrected chi connectivity index (χ3v) is 3.74. The maximum Gasteiger partial charge on any atom is 0.191 e. The Balaban J connectivity index is 1.73. The lowest BCUT2D eigenvalue weighted by atomic mass is 10.1. The average molecular weight is 336 g/mol. The minimum atomic E-state index is 0.717. The van der Waals surface area contributed by atoms with E-state index in [9.17, 15) is 0 Å². The molecule has 1 aromatic heterocycles. The van der Waals surface area contributed by atoms with E-state index < -0.39 is 0 Å². The molecule has 0 aliphatic carbocycles. The molecule has 0 fully saturated rings. The summed E-state index contributed by atoms with van der Waals surface area (Å²) >= 11 is 6.24. The molecule has 0 atom stereocenters. The van der Waals surface area contributed by atoms with Crippen LogP contribution in [0.25, 0.3) is 0 Å². The highest BCUT2D eigenvalue weighted by molar-refractivity contribution is 6.31. The second kappa shape index (κ2) is 9.05. The van der Waals surface area contributed by atoms with Crippen LogP contribution < -0.4 is 15.4 Å². The van der Waals surface area contributed by atoms with Gasteiger partial charge in [0, 0.05) is 44.1 Å². The molecule has 0 saturated heterocycles. The van der Waals surface area contributed by atoms with E-state index in [1.165, 1.54) is 0 Å². The van der Waals surface area contributed by atoms with Crippen molar-refractivity contribution in [3.05, 3.63) is 47.5 Å². The number of methoxy groups -OCH3 is 1. The van der Waals surface area contributed by atoms with Crippen LogP contribution in [0.1, 0.15) is 5.56 Å². The van der Waals surface area contributed by atoms with Gasteiger partial charge in [0.25, 0.3) is 0 Å². The molecular weight excluding hydrogens is 314 g/mol. The van der Waals surface area contributed by atoms with Crippen molar-refractivity contribution in [3.63, 3.8) is 0 Å². The van der Waals surface area contributed by atoms with Crippen LogP contribution in [0.4, 0.5) is 0 Å². The Morgan fingerprint density at radius 3 is 2.83 bits per heavy atom. The van der Waals surface area contributed by atoms with Gasteiger partial charge in [0.2, 0.25) is 0 Å². The fraction of sp³-hybridized carbons (Fsp3) is 0.375. The van der Waals surface area contributed by atoms with Gasteiger partial charge in [-0.1, -0.05) is 17.7 Å². The Kier molecular flexibility index (Phi) is 6.75. The number of hydrogen-bond donors (Lipinski definition) is 2. The van der Waals surface area contributed by atoms with Crippen molar-refractivity contribution >= 4 is 17.6 Å². The number of nitrogens with one attached hydrogen (secondary N) is 2. The van der Waals surface area contributed by atoms with E-state index in [-0.39, 0.29) is 0 Å². The lowest BCUT2D eigenvalue weighted by Gasteiger charge is -2.13. The molecule has 0 amide bonds. The summed E-state index contributed by atoms with van der Waals surface area (Å²) < 4.78 is 7.16. The van der Waals surface area contributed by atoms with Crippen LogP contribution >= 0.6 is 11.6 Å². The maximum absolute atomic E-state index is 6.24. The van der Waals surface area contributed by atoms with Gasteiger partial charge in [0.05, 0.1) is 13.4 Å². The molecule has 2 N–H and O–H groups in total. The number of benzene rings is 1. The first-order valence-electron chi connectivity index (χ1n) is 7.45. The maximum atomic E-state index is 6.24. The quantitative estimate of drug-likeness (QED) is 0.599. The summed E-state index contributed by atoms with van der Waals surface area (Å²) in [5.74, 6) is 1.54. The van der Waals surface area contributed by atoms with Crippen LogP contribution in [0, 0.1) is 0 Å². The standard InChI is InChI=1S/C16H22ClN5O/c1-18-16(21-8-10-22-9-7-19-12-22)20-6-5-13-3-4-14(23-2)11-15(13)17/h3-4,7,9,11-12H,5-6,8,10H2,1-2H3,(H2,18,20,21). The molecule has 0 saturated carbocycles. The Morgan fingerprint density at radius 2 is 2.17 bits per heavy atom. The summed E-state index contributed by atoms with van der Waals surface area (Å²) in [5, 5.41) is 7.26. The van der Waals surface area contributed by atoms with Gasteiger partial charge in [-0.05, 0) is 24.1 Å². The fourth-order valence-electron chi connectivity index (χ4n) is 2.12. The number of aromatic nitrogens is 2. The molecular formula is C16H22ClN5O. The number of rotatable bonds is 7. The number of guanidine groups is 1.